The van der Waals surface area contributed by atoms with E-state index in [2.05, 4.69) is 31.4 Å². The molecule has 0 spiro atoms. The molecule has 0 saturated heterocycles. The summed E-state index contributed by atoms with van der Waals surface area (Å²) >= 11 is 1.72. The quantitative estimate of drug-likeness (QED) is 0.380. The van der Waals surface area contributed by atoms with E-state index >= 15 is 0 Å². The van der Waals surface area contributed by atoms with Crippen molar-refractivity contribution in [2.75, 3.05) is 11.9 Å². The molecule has 3 heterocycles. The fraction of sp³-hybridized carbons (Fsp3) is 0.429. The standard InChI is InChI=1S/C28H32N2O4S/c1-5-28(3,4)18-11-12-19-22(15-18)35-26-23(19)25(31)29-24(30-26)21-14-13-20(34-21)16-7-9-17(10-8-16)27(32)33-6-2/h7-10,13-14,18,24,30H,5-6,11-12,15H2,1-4H3,(H,29,31)/t18-,24-/m0/s1. The summed E-state index contributed by atoms with van der Waals surface area (Å²) < 4.78 is 11.2. The zero-order chi connectivity index (χ0) is 24.7. The van der Waals surface area contributed by atoms with Crippen LogP contribution in [0.5, 0.6) is 0 Å². The lowest BCUT2D eigenvalue weighted by atomic mass is 9.69. The molecule has 7 heteroatoms. The summed E-state index contributed by atoms with van der Waals surface area (Å²) in [5.41, 5.74) is 3.69. The van der Waals surface area contributed by atoms with E-state index in [1.165, 1.54) is 10.4 Å². The third-order valence-electron chi connectivity index (χ3n) is 7.65. The van der Waals surface area contributed by atoms with Crippen LogP contribution in [0.2, 0.25) is 0 Å². The van der Waals surface area contributed by atoms with E-state index in [0.29, 0.717) is 35.0 Å². The van der Waals surface area contributed by atoms with Crippen LogP contribution in [-0.4, -0.2) is 18.5 Å². The Morgan fingerprint density at radius 3 is 2.63 bits per heavy atom. The van der Waals surface area contributed by atoms with Crippen LogP contribution in [0.3, 0.4) is 0 Å². The highest BCUT2D eigenvalue weighted by atomic mass is 32.1. The molecule has 5 rings (SSSR count). The largest absolute Gasteiger partial charge is 0.462 e. The smallest absolute Gasteiger partial charge is 0.338 e. The fourth-order valence-electron chi connectivity index (χ4n) is 5.04. The van der Waals surface area contributed by atoms with Crippen LogP contribution in [0.25, 0.3) is 11.3 Å². The lowest BCUT2D eigenvalue weighted by Crippen LogP contribution is -2.38. The average molecular weight is 493 g/mol. The number of carbonyl (C=O) groups excluding carboxylic acids is 2. The van der Waals surface area contributed by atoms with E-state index in [9.17, 15) is 9.59 Å². The summed E-state index contributed by atoms with van der Waals surface area (Å²) in [6.45, 7) is 9.11. The molecule has 6 nitrogen and oxygen atoms in total. The maximum atomic E-state index is 13.1. The SMILES string of the molecule is CCOC(=O)c1ccc(-c2ccc([C@H]3NC(=O)c4c(sc5c4CC[C@H](C(C)(C)CC)C5)N3)o2)cc1. The Bertz CT molecular complexity index is 1250. The van der Waals surface area contributed by atoms with Crippen LogP contribution in [-0.2, 0) is 17.6 Å². The molecule has 1 aliphatic heterocycles. The van der Waals surface area contributed by atoms with Crippen molar-refractivity contribution >= 4 is 28.2 Å². The van der Waals surface area contributed by atoms with Crippen LogP contribution in [0.15, 0.2) is 40.8 Å². The highest BCUT2D eigenvalue weighted by Crippen LogP contribution is 2.47. The molecule has 3 aromatic rings. The topological polar surface area (TPSA) is 80.6 Å². The number of amides is 1. The predicted octanol–water partition coefficient (Wildman–Crippen LogP) is 6.58. The first kappa shape index (κ1) is 23.7. The monoisotopic (exact) mass is 492 g/mol. The number of hydrogen-bond acceptors (Lipinski definition) is 6. The summed E-state index contributed by atoms with van der Waals surface area (Å²) in [6.07, 6.45) is 3.86. The third-order valence-corrected chi connectivity index (χ3v) is 8.84. The molecular formula is C28H32N2O4S. The number of carbonyl (C=O) groups is 2. The Kier molecular flexibility index (Phi) is 6.21. The summed E-state index contributed by atoms with van der Waals surface area (Å²) in [6, 6.07) is 10.9. The van der Waals surface area contributed by atoms with Crippen LogP contribution in [0.1, 0.15) is 83.6 Å². The Labute approximate surface area is 210 Å². The number of esters is 1. The molecule has 2 aromatic heterocycles. The van der Waals surface area contributed by atoms with Gasteiger partial charge in [-0.15, -0.1) is 11.3 Å². The first-order valence-electron chi connectivity index (χ1n) is 12.4. The van der Waals surface area contributed by atoms with Gasteiger partial charge in [0.2, 0.25) is 0 Å². The third kappa shape index (κ3) is 4.38. The second-order valence-corrected chi connectivity index (χ2v) is 11.1. The molecule has 2 atom stereocenters. The minimum absolute atomic E-state index is 0.0359. The second-order valence-electron chi connectivity index (χ2n) is 10.0. The molecule has 0 saturated carbocycles. The normalized spacial score (nSPS) is 19.4. The average Bonchev–Trinajstić information content (AvgIpc) is 3.49. The van der Waals surface area contributed by atoms with Crippen LogP contribution >= 0.6 is 11.3 Å². The molecule has 0 fully saturated rings. The van der Waals surface area contributed by atoms with Crippen molar-refractivity contribution in [3.8, 4) is 11.3 Å². The molecular weight excluding hydrogens is 460 g/mol. The summed E-state index contributed by atoms with van der Waals surface area (Å²) in [5, 5.41) is 7.53. The minimum Gasteiger partial charge on any atom is -0.462 e. The van der Waals surface area contributed by atoms with E-state index in [1.54, 1.807) is 30.4 Å². The van der Waals surface area contributed by atoms with Crippen molar-refractivity contribution in [1.82, 2.24) is 5.32 Å². The van der Waals surface area contributed by atoms with Gasteiger partial charge >= 0.3 is 5.97 Å². The molecule has 0 radical (unpaired) electrons. The van der Waals surface area contributed by atoms with Gasteiger partial charge in [0, 0.05) is 10.4 Å². The van der Waals surface area contributed by atoms with E-state index < -0.39 is 6.17 Å². The van der Waals surface area contributed by atoms with Gasteiger partial charge in [-0.05, 0) is 67.3 Å². The van der Waals surface area contributed by atoms with Gasteiger partial charge in [-0.2, -0.15) is 0 Å². The van der Waals surface area contributed by atoms with Crippen LogP contribution in [0, 0.1) is 11.3 Å². The zero-order valence-corrected chi connectivity index (χ0v) is 21.5. The molecule has 2 aliphatic rings. The molecule has 1 aliphatic carbocycles. The van der Waals surface area contributed by atoms with Gasteiger partial charge in [0.15, 0.2) is 6.17 Å². The van der Waals surface area contributed by atoms with Gasteiger partial charge in [-0.3, -0.25) is 4.79 Å². The number of furan rings is 1. The van der Waals surface area contributed by atoms with Gasteiger partial charge < -0.3 is 19.8 Å². The number of rotatable bonds is 6. The molecule has 35 heavy (non-hydrogen) atoms. The molecule has 2 N–H and O–H groups in total. The van der Waals surface area contributed by atoms with E-state index in [1.807, 2.05) is 24.3 Å². The zero-order valence-electron chi connectivity index (χ0n) is 20.7. The first-order valence-corrected chi connectivity index (χ1v) is 13.2. The molecule has 0 bridgehead atoms. The van der Waals surface area contributed by atoms with Crippen molar-refractivity contribution in [2.45, 2.75) is 59.5 Å². The van der Waals surface area contributed by atoms with Gasteiger partial charge in [-0.25, -0.2) is 4.79 Å². The maximum Gasteiger partial charge on any atom is 0.338 e. The van der Waals surface area contributed by atoms with Crippen LogP contribution < -0.4 is 10.6 Å². The summed E-state index contributed by atoms with van der Waals surface area (Å²) in [7, 11) is 0. The van der Waals surface area contributed by atoms with Crippen molar-refractivity contribution in [3.63, 3.8) is 0 Å². The Balaban J connectivity index is 1.34. The van der Waals surface area contributed by atoms with Crippen molar-refractivity contribution in [1.29, 1.82) is 0 Å². The lowest BCUT2D eigenvalue weighted by Gasteiger charge is -2.36. The number of hydrogen-bond donors (Lipinski definition) is 2. The van der Waals surface area contributed by atoms with E-state index in [-0.39, 0.29) is 11.9 Å². The van der Waals surface area contributed by atoms with E-state index in [4.69, 9.17) is 9.15 Å². The minimum atomic E-state index is -0.425. The Morgan fingerprint density at radius 1 is 1.14 bits per heavy atom. The van der Waals surface area contributed by atoms with Gasteiger partial charge in [-0.1, -0.05) is 39.3 Å². The number of ether oxygens (including phenoxy) is 1. The molecule has 184 valence electrons. The van der Waals surface area contributed by atoms with Crippen molar-refractivity contribution < 1.29 is 18.7 Å². The first-order chi connectivity index (χ1) is 16.8. The summed E-state index contributed by atoms with van der Waals surface area (Å²) in [4.78, 5) is 26.4. The van der Waals surface area contributed by atoms with Crippen LogP contribution in [0.4, 0.5) is 5.00 Å². The second kappa shape index (κ2) is 9.19. The molecule has 0 unspecified atom stereocenters. The fourth-order valence-corrected chi connectivity index (χ4v) is 6.40. The predicted molar refractivity (Wildman–Crippen MR) is 138 cm³/mol. The number of nitrogens with one attached hydrogen (secondary N) is 2. The van der Waals surface area contributed by atoms with E-state index in [0.717, 1.165) is 41.8 Å². The highest BCUT2D eigenvalue weighted by Gasteiger charge is 2.37. The van der Waals surface area contributed by atoms with Gasteiger partial charge in [0.05, 0.1) is 17.7 Å². The van der Waals surface area contributed by atoms with Gasteiger partial charge in [0.25, 0.3) is 5.91 Å². The lowest BCUT2D eigenvalue weighted by molar-refractivity contribution is 0.0526. The Morgan fingerprint density at radius 2 is 1.91 bits per heavy atom. The number of fused-ring (bicyclic) bond motifs is 3. The number of anilines is 1. The number of benzene rings is 1. The highest BCUT2D eigenvalue weighted by molar-refractivity contribution is 7.16. The Hall–Kier alpha value is -3.06. The number of thiophene rings is 1. The van der Waals surface area contributed by atoms with Gasteiger partial charge in [0.1, 0.15) is 16.5 Å². The maximum absolute atomic E-state index is 13.1. The molecule has 1 amide bonds. The summed E-state index contributed by atoms with van der Waals surface area (Å²) in [5.74, 6) is 1.58. The van der Waals surface area contributed by atoms with Crippen molar-refractivity contribution in [3.05, 3.63) is 63.7 Å². The molecule has 1 aromatic carbocycles. The van der Waals surface area contributed by atoms with Crippen molar-refractivity contribution in [2.24, 2.45) is 11.3 Å².